The molecule has 4 aromatic rings. The highest BCUT2D eigenvalue weighted by atomic mass is 16.7. The molecule has 2 atom stereocenters. The van der Waals surface area contributed by atoms with Crippen LogP contribution >= 0.6 is 0 Å². The number of carbonyl (C=O) groups is 1. The number of piperazine rings is 2. The zero-order chi connectivity index (χ0) is 37.3. The maximum absolute atomic E-state index is 11.5. The van der Waals surface area contributed by atoms with Crippen molar-refractivity contribution >= 4 is 29.0 Å². The molecule has 54 heavy (non-hydrogen) atoms. The summed E-state index contributed by atoms with van der Waals surface area (Å²) < 4.78 is 21.7. The number of rotatable bonds is 16. The van der Waals surface area contributed by atoms with Gasteiger partial charge in [0.2, 0.25) is 0 Å². The van der Waals surface area contributed by atoms with Crippen LogP contribution in [0.15, 0.2) is 67.0 Å². The van der Waals surface area contributed by atoms with Crippen LogP contribution in [0.5, 0.6) is 5.75 Å². The van der Waals surface area contributed by atoms with Gasteiger partial charge in [-0.05, 0) is 67.6 Å². The van der Waals surface area contributed by atoms with Gasteiger partial charge < -0.3 is 39.4 Å². The van der Waals surface area contributed by atoms with Crippen molar-refractivity contribution in [2.75, 3.05) is 100 Å². The lowest BCUT2D eigenvalue weighted by Gasteiger charge is -2.43. The zero-order valence-corrected chi connectivity index (χ0v) is 31.3. The Labute approximate surface area is 317 Å². The quantitative estimate of drug-likeness (QED) is 0.101. The summed E-state index contributed by atoms with van der Waals surface area (Å²) >= 11 is 0. The zero-order valence-electron chi connectivity index (χ0n) is 31.3. The molecule has 2 N–H and O–H groups in total. The first-order valence-electron chi connectivity index (χ1n) is 18.9. The van der Waals surface area contributed by atoms with E-state index >= 15 is 0 Å². The number of pyridine rings is 2. The number of aryl methyl sites for hydroxylation is 1. The van der Waals surface area contributed by atoms with Crippen molar-refractivity contribution < 1.29 is 23.7 Å². The molecule has 3 fully saturated rings. The fourth-order valence-electron chi connectivity index (χ4n) is 7.79. The van der Waals surface area contributed by atoms with Gasteiger partial charge in [0, 0.05) is 101 Å². The van der Waals surface area contributed by atoms with Gasteiger partial charge in [0.1, 0.15) is 11.6 Å². The molecule has 3 aliphatic rings. The Kier molecular flexibility index (Phi) is 12.3. The topological polar surface area (TPSA) is 145 Å². The summed E-state index contributed by atoms with van der Waals surface area (Å²) in [5.74, 6) is 1.82. The van der Waals surface area contributed by atoms with Gasteiger partial charge in [-0.25, -0.2) is 4.98 Å². The average Bonchev–Trinajstić information content (AvgIpc) is 3.48. The van der Waals surface area contributed by atoms with Gasteiger partial charge in [0.25, 0.3) is 0 Å². The minimum atomic E-state index is -0.255. The first-order valence-corrected chi connectivity index (χ1v) is 18.9. The van der Waals surface area contributed by atoms with Gasteiger partial charge in [0.15, 0.2) is 12.6 Å². The Hall–Kier alpha value is -5.05. The van der Waals surface area contributed by atoms with E-state index in [0.29, 0.717) is 36.9 Å². The van der Waals surface area contributed by atoms with Crippen LogP contribution < -0.4 is 25.2 Å². The fourth-order valence-corrected chi connectivity index (χ4v) is 7.79. The molecule has 0 radical (unpaired) electrons. The molecule has 2 bridgehead atoms. The maximum atomic E-state index is 11.5. The van der Waals surface area contributed by atoms with Crippen LogP contribution in [-0.4, -0.2) is 123 Å². The molecule has 14 nitrogen and oxygen atoms in total. The molecule has 1 aromatic carbocycles. The van der Waals surface area contributed by atoms with Crippen LogP contribution in [0.2, 0.25) is 0 Å². The number of aromatic nitrogens is 4. The normalized spacial score (nSPS) is 18.6. The van der Waals surface area contributed by atoms with E-state index in [9.17, 15) is 4.79 Å². The van der Waals surface area contributed by atoms with Gasteiger partial charge in [-0.2, -0.15) is 0 Å². The number of anilines is 4. The molecule has 0 saturated carbocycles. The van der Waals surface area contributed by atoms with Gasteiger partial charge in [0.05, 0.1) is 31.5 Å². The number of esters is 1. The molecule has 6 heterocycles. The first kappa shape index (κ1) is 37.3. The van der Waals surface area contributed by atoms with E-state index < -0.39 is 0 Å². The number of nitrogens with two attached hydrogens (primary N) is 1. The lowest BCUT2D eigenvalue weighted by molar-refractivity contribution is -0.139. The number of fused-ring (bicyclic) bond motifs is 2. The van der Waals surface area contributed by atoms with Crippen LogP contribution in [0.4, 0.5) is 23.0 Å². The van der Waals surface area contributed by atoms with E-state index in [1.54, 1.807) is 13.3 Å². The molecule has 3 aromatic heterocycles. The lowest BCUT2D eigenvalue weighted by Crippen LogP contribution is -2.54. The maximum Gasteiger partial charge on any atom is 0.310 e. The van der Waals surface area contributed by atoms with Crippen molar-refractivity contribution in [3.05, 3.63) is 78.2 Å². The second-order valence-corrected chi connectivity index (χ2v) is 14.1. The molecule has 0 spiro atoms. The number of para-hydroxylation sites is 1. The number of nitrogens with zero attached hydrogens (tertiary/aromatic N) is 8. The summed E-state index contributed by atoms with van der Waals surface area (Å²) in [4.78, 5) is 30.5. The molecule has 0 aliphatic carbocycles. The standard InChI is InChI=1S/C40H51N9O5/c1-51-28-54-37-8-4-3-7-34(37)35-24-36(40(41)45-44-35)48-26-32-10-11-33(27-48)49(32)31-13-14-42-30(23-31)6-5-20-53-21-19-46-15-17-47(18-16-46)38-12-9-29(25-43-38)22-39(50)52-2/h3-4,7-9,12-14,23-25,32-33H,5-6,10-11,15-22,26-28H2,1-2H3,(H2,41,45). The number of ether oxygens (including phenoxy) is 4. The number of methoxy groups -OCH3 is 2. The van der Waals surface area contributed by atoms with Gasteiger partial charge in [-0.15, -0.1) is 10.2 Å². The number of benzene rings is 1. The summed E-state index contributed by atoms with van der Waals surface area (Å²) in [6.07, 6.45) is 8.02. The first-order chi connectivity index (χ1) is 26.5. The van der Waals surface area contributed by atoms with E-state index in [2.05, 4.69) is 46.9 Å². The molecule has 286 valence electrons. The monoisotopic (exact) mass is 737 g/mol. The largest absolute Gasteiger partial charge is 0.469 e. The van der Waals surface area contributed by atoms with Crippen LogP contribution in [-0.2, 0) is 31.8 Å². The smallest absolute Gasteiger partial charge is 0.310 e. The van der Waals surface area contributed by atoms with Crippen LogP contribution in [0.3, 0.4) is 0 Å². The predicted octanol–water partition coefficient (Wildman–Crippen LogP) is 3.84. The average molecular weight is 738 g/mol. The summed E-state index contributed by atoms with van der Waals surface area (Å²) in [5, 5.41) is 8.77. The fraction of sp³-hybridized carbons (Fsp3) is 0.475. The van der Waals surface area contributed by atoms with E-state index in [1.165, 1.54) is 12.8 Å². The van der Waals surface area contributed by atoms with E-state index in [0.717, 1.165) is 106 Å². The number of hydrogen-bond donors (Lipinski definition) is 1. The summed E-state index contributed by atoms with van der Waals surface area (Å²) in [6.45, 7) is 7.98. The molecular weight excluding hydrogens is 686 g/mol. The van der Waals surface area contributed by atoms with Crippen LogP contribution in [0.25, 0.3) is 11.3 Å². The third-order valence-corrected chi connectivity index (χ3v) is 10.6. The summed E-state index contributed by atoms with van der Waals surface area (Å²) in [5.41, 5.74) is 12.1. The Bertz CT molecular complexity index is 1820. The highest BCUT2D eigenvalue weighted by Gasteiger charge is 2.41. The summed E-state index contributed by atoms with van der Waals surface area (Å²) in [6, 6.07) is 18.9. The van der Waals surface area contributed by atoms with Crippen molar-refractivity contribution in [3.8, 4) is 17.0 Å². The molecule has 3 aliphatic heterocycles. The predicted molar refractivity (Wildman–Crippen MR) is 208 cm³/mol. The van der Waals surface area contributed by atoms with E-state index in [-0.39, 0.29) is 19.2 Å². The molecule has 7 rings (SSSR count). The highest BCUT2D eigenvalue weighted by Crippen LogP contribution is 2.39. The van der Waals surface area contributed by atoms with Crippen molar-refractivity contribution in [2.24, 2.45) is 0 Å². The lowest BCUT2D eigenvalue weighted by atomic mass is 10.1. The third kappa shape index (κ3) is 9.00. The Morgan fingerprint density at radius 1 is 0.907 bits per heavy atom. The van der Waals surface area contributed by atoms with Gasteiger partial charge in [-0.1, -0.05) is 18.2 Å². The molecule has 3 saturated heterocycles. The minimum Gasteiger partial charge on any atom is -0.469 e. The summed E-state index contributed by atoms with van der Waals surface area (Å²) in [7, 11) is 3.00. The van der Waals surface area contributed by atoms with Crippen molar-refractivity contribution in [1.82, 2.24) is 25.1 Å². The van der Waals surface area contributed by atoms with Crippen molar-refractivity contribution in [2.45, 2.75) is 44.2 Å². The number of nitrogen functional groups attached to an aromatic ring is 1. The highest BCUT2D eigenvalue weighted by molar-refractivity contribution is 5.75. The second-order valence-electron chi connectivity index (χ2n) is 14.1. The number of carbonyl (C=O) groups excluding carboxylic acids is 1. The Morgan fingerprint density at radius 2 is 1.72 bits per heavy atom. The number of hydrogen-bond acceptors (Lipinski definition) is 14. The second kappa shape index (κ2) is 17.9. The van der Waals surface area contributed by atoms with E-state index in [1.807, 2.05) is 48.7 Å². The van der Waals surface area contributed by atoms with Crippen molar-refractivity contribution in [3.63, 3.8) is 0 Å². The van der Waals surface area contributed by atoms with Crippen LogP contribution in [0.1, 0.15) is 30.5 Å². The molecule has 0 amide bonds. The molecular formula is C40H51N9O5. The van der Waals surface area contributed by atoms with E-state index in [4.69, 9.17) is 29.7 Å². The third-order valence-electron chi connectivity index (χ3n) is 10.6. The Balaban J connectivity index is 0.853. The molecule has 2 unspecified atom stereocenters. The molecule has 14 heteroatoms. The van der Waals surface area contributed by atoms with Crippen LogP contribution in [0, 0.1) is 0 Å². The van der Waals surface area contributed by atoms with Gasteiger partial charge >= 0.3 is 5.97 Å². The van der Waals surface area contributed by atoms with Gasteiger partial charge in [-0.3, -0.25) is 14.7 Å². The van der Waals surface area contributed by atoms with Crippen molar-refractivity contribution in [1.29, 1.82) is 0 Å². The Morgan fingerprint density at radius 3 is 2.48 bits per heavy atom. The minimum absolute atomic E-state index is 0.153. The SMILES string of the molecule is COCOc1ccccc1-c1cc(N2CC3CCC(C2)N3c2ccnc(CCCOCCN3CCN(c4ccc(CC(=O)OC)cn4)CC3)c2)c(N)nn1.